The maximum atomic E-state index is 11.5. The highest BCUT2D eigenvalue weighted by Gasteiger charge is 2.24. The van der Waals surface area contributed by atoms with Crippen LogP contribution in [0.5, 0.6) is 0 Å². The summed E-state index contributed by atoms with van der Waals surface area (Å²) >= 11 is 0. The molecule has 1 aliphatic rings. The van der Waals surface area contributed by atoms with Crippen LogP contribution in [0.1, 0.15) is 33.1 Å². The summed E-state index contributed by atoms with van der Waals surface area (Å²) in [5, 5.41) is 0. The minimum absolute atomic E-state index is 0.120. The lowest BCUT2D eigenvalue weighted by Gasteiger charge is -2.13. The van der Waals surface area contributed by atoms with Gasteiger partial charge in [-0.05, 0) is 32.8 Å². The van der Waals surface area contributed by atoms with Gasteiger partial charge in [0, 0.05) is 6.42 Å². The smallest absolute Gasteiger partial charge is 0.313 e. The van der Waals surface area contributed by atoms with Gasteiger partial charge in [0.2, 0.25) is 0 Å². The molecule has 0 aromatic rings. The van der Waals surface area contributed by atoms with Gasteiger partial charge in [0.25, 0.3) is 0 Å². The first-order valence-electron chi connectivity index (χ1n) is 5.02. The SMILES string of the molecule is CCOC(=O)C1CCCC(=O)C=C1C. The first-order valence-corrected chi connectivity index (χ1v) is 5.02. The van der Waals surface area contributed by atoms with Crippen molar-refractivity contribution in [3.05, 3.63) is 11.6 Å². The van der Waals surface area contributed by atoms with Crippen LogP contribution in [0.15, 0.2) is 11.6 Å². The molecule has 0 bridgehead atoms. The Morgan fingerprint density at radius 3 is 3.00 bits per heavy atom. The van der Waals surface area contributed by atoms with Crippen molar-refractivity contribution in [1.82, 2.24) is 0 Å². The number of carbonyl (C=O) groups excluding carboxylic acids is 2. The number of hydrogen-bond acceptors (Lipinski definition) is 3. The predicted molar refractivity (Wildman–Crippen MR) is 52.7 cm³/mol. The molecule has 0 aromatic carbocycles. The number of esters is 1. The van der Waals surface area contributed by atoms with E-state index in [9.17, 15) is 9.59 Å². The Labute approximate surface area is 84.1 Å². The Bertz CT molecular complexity index is 266. The number of rotatable bonds is 2. The Balaban J connectivity index is 2.72. The third-order valence-electron chi connectivity index (χ3n) is 2.43. The summed E-state index contributed by atoms with van der Waals surface area (Å²) in [5.41, 5.74) is 0.839. The van der Waals surface area contributed by atoms with E-state index in [1.165, 1.54) is 0 Å². The van der Waals surface area contributed by atoms with E-state index in [-0.39, 0.29) is 17.7 Å². The van der Waals surface area contributed by atoms with Crippen molar-refractivity contribution in [2.24, 2.45) is 5.92 Å². The quantitative estimate of drug-likeness (QED) is 0.633. The lowest BCUT2D eigenvalue weighted by atomic mass is 9.97. The molecule has 3 heteroatoms. The van der Waals surface area contributed by atoms with Gasteiger partial charge in [-0.3, -0.25) is 9.59 Å². The summed E-state index contributed by atoms with van der Waals surface area (Å²) in [6.07, 6.45) is 3.63. The highest BCUT2D eigenvalue weighted by Crippen LogP contribution is 2.23. The van der Waals surface area contributed by atoms with E-state index in [0.29, 0.717) is 13.0 Å². The fourth-order valence-electron chi connectivity index (χ4n) is 1.68. The second kappa shape index (κ2) is 4.94. The van der Waals surface area contributed by atoms with Crippen LogP contribution in [0.3, 0.4) is 0 Å². The van der Waals surface area contributed by atoms with Crippen molar-refractivity contribution in [2.45, 2.75) is 33.1 Å². The molecule has 1 unspecified atom stereocenters. The topological polar surface area (TPSA) is 43.4 Å². The Kier molecular flexibility index (Phi) is 3.86. The molecule has 1 atom stereocenters. The van der Waals surface area contributed by atoms with Gasteiger partial charge in [-0.15, -0.1) is 0 Å². The van der Waals surface area contributed by atoms with Crippen molar-refractivity contribution in [1.29, 1.82) is 0 Å². The van der Waals surface area contributed by atoms with Crippen LogP contribution in [0.25, 0.3) is 0 Å². The van der Waals surface area contributed by atoms with E-state index < -0.39 is 0 Å². The van der Waals surface area contributed by atoms with Crippen LogP contribution >= 0.6 is 0 Å². The molecule has 0 saturated carbocycles. The monoisotopic (exact) mass is 196 g/mol. The van der Waals surface area contributed by atoms with Gasteiger partial charge < -0.3 is 4.74 Å². The minimum Gasteiger partial charge on any atom is -0.466 e. The molecule has 0 N–H and O–H groups in total. The number of carbonyl (C=O) groups is 2. The normalized spacial score (nSPS) is 22.6. The maximum absolute atomic E-state index is 11.5. The third kappa shape index (κ3) is 2.69. The van der Waals surface area contributed by atoms with Crippen LogP contribution in [0.4, 0.5) is 0 Å². The van der Waals surface area contributed by atoms with Crippen molar-refractivity contribution in [3.63, 3.8) is 0 Å². The van der Waals surface area contributed by atoms with E-state index in [4.69, 9.17) is 4.74 Å². The van der Waals surface area contributed by atoms with Crippen molar-refractivity contribution in [3.8, 4) is 0 Å². The molecule has 0 aliphatic heterocycles. The first-order chi connectivity index (χ1) is 6.65. The van der Waals surface area contributed by atoms with Crippen LogP contribution in [0, 0.1) is 5.92 Å². The first kappa shape index (κ1) is 11.0. The molecule has 3 nitrogen and oxygen atoms in total. The standard InChI is InChI=1S/C11H16O3/c1-3-14-11(13)10-6-4-5-9(12)7-8(10)2/h7,10H,3-6H2,1-2H3. The summed E-state index contributed by atoms with van der Waals surface area (Å²) < 4.78 is 4.95. The Hall–Kier alpha value is -1.12. The highest BCUT2D eigenvalue weighted by molar-refractivity contribution is 5.92. The van der Waals surface area contributed by atoms with Crippen molar-refractivity contribution in [2.75, 3.05) is 6.61 Å². The zero-order chi connectivity index (χ0) is 10.6. The number of ketones is 1. The van der Waals surface area contributed by atoms with Gasteiger partial charge in [0.15, 0.2) is 5.78 Å². The van der Waals surface area contributed by atoms with E-state index in [0.717, 1.165) is 18.4 Å². The molecule has 0 amide bonds. The van der Waals surface area contributed by atoms with Gasteiger partial charge in [-0.2, -0.15) is 0 Å². The summed E-state index contributed by atoms with van der Waals surface area (Å²) in [4.78, 5) is 22.7. The van der Waals surface area contributed by atoms with Crippen molar-refractivity contribution >= 4 is 11.8 Å². The van der Waals surface area contributed by atoms with Crippen molar-refractivity contribution < 1.29 is 14.3 Å². The van der Waals surface area contributed by atoms with E-state index in [1.807, 2.05) is 6.92 Å². The molecule has 0 radical (unpaired) electrons. The van der Waals surface area contributed by atoms with Gasteiger partial charge in [0.1, 0.15) is 0 Å². The van der Waals surface area contributed by atoms with E-state index >= 15 is 0 Å². The van der Waals surface area contributed by atoms with Crippen LogP contribution in [0.2, 0.25) is 0 Å². The zero-order valence-electron chi connectivity index (χ0n) is 8.71. The van der Waals surface area contributed by atoms with Gasteiger partial charge in [-0.1, -0.05) is 5.57 Å². The molecule has 0 fully saturated rings. The molecule has 1 aliphatic carbocycles. The second-order valence-electron chi connectivity index (χ2n) is 3.55. The molecule has 1 rings (SSSR count). The predicted octanol–water partition coefficient (Wildman–Crippen LogP) is 1.86. The molecular weight excluding hydrogens is 180 g/mol. The van der Waals surface area contributed by atoms with E-state index in [1.54, 1.807) is 13.0 Å². The molecule has 14 heavy (non-hydrogen) atoms. The molecule has 0 spiro atoms. The molecular formula is C11H16O3. The van der Waals surface area contributed by atoms with Gasteiger partial charge in [0.05, 0.1) is 12.5 Å². The minimum atomic E-state index is -0.207. The third-order valence-corrected chi connectivity index (χ3v) is 2.43. The molecule has 0 heterocycles. The fourth-order valence-corrected chi connectivity index (χ4v) is 1.68. The summed E-state index contributed by atoms with van der Waals surface area (Å²) in [5.74, 6) is -0.286. The number of hydrogen-bond donors (Lipinski definition) is 0. The largest absolute Gasteiger partial charge is 0.466 e. The lowest BCUT2D eigenvalue weighted by molar-refractivity contribution is -0.146. The zero-order valence-corrected chi connectivity index (χ0v) is 8.71. The number of ether oxygens (including phenoxy) is 1. The lowest BCUT2D eigenvalue weighted by Crippen LogP contribution is -2.18. The summed E-state index contributed by atoms with van der Waals surface area (Å²) in [7, 11) is 0. The van der Waals surface area contributed by atoms with Gasteiger partial charge in [-0.25, -0.2) is 0 Å². The molecule has 0 aromatic heterocycles. The molecule has 0 saturated heterocycles. The maximum Gasteiger partial charge on any atom is 0.313 e. The summed E-state index contributed by atoms with van der Waals surface area (Å²) in [6.45, 7) is 4.01. The van der Waals surface area contributed by atoms with Gasteiger partial charge >= 0.3 is 5.97 Å². The fraction of sp³-hybridized carbons (Fsp3) is 0.636. The second-order valence-corrected chi connectivity index (χ2v) is 3.55. The average Bonchev–Trinajstić information content (AvgIpc) is 2.27. The van der Waals surface area contributed by atoms with Crippen LogP contribution in [-0.2, 0) is 14.3 Å². The molecule has 78 valence electrons. The van der Waals surface area contributed by atoms with Crippen LogP contribution < -0.4 is 0 Å². The van der Waals surface area contributed by atoms with E-state index in [2.05, 4.69) is 0 Å². The highest BCUT2D eigenvalue weighted by atomic mass is 16.5. The van der Waals surface area contributed by atoms with Crippen LogP contribution in [-0.4, -0.2) is 18.4 Å². The Morgan fingerprint density at radius 2 is 2.36 bits per heavy atom. The average molecular weight is 196 g/mol. The Morgan fingerprint density at radius 1 is 1.64 bits per heavy atom. The summed E-state index contributed by atoms with van der Waals surface area (Å²) in [6, 6.07) is 0. The number of allylic oxidation sites excluding steroid dienone is 1.